The maximum Gasteiger partial charge on any atom is 0.119 e. The Morgan fingerprint density at radius 1 is 1.33 bits per heavy atom. The quantitative estimate of drug-likeness (QED) is 0.803. The molecule has 2 aliphatic carbocycles. The average molecular weight is 241 g/mol. The van der Waals surface area contributed by atoms with Gasteiger partial charge in [0.05, 0.1) is 7.11 Å². The van der Waals surface area contributed by atoms with E-state index in [1.54, 1.807) is 7.11 Å². The average Bonchev–Trinajstić information content (AvgIpc) is 3.10. The Kier molecular flexibility index (Phi) is 2.13. The van der Waals surface area contributed by atoms with Crippen LogP contribution < -0.4 is 10.1 Å². The predicted molar refractivity (Wildman–Crippen MR) is 71.8 cm³/mol. The molecule has 3 aliphatic rings. The lowest BCUT2D eigenvalue weighted by Crippen LogP contribution is -2.38. The van der Waals surface area contributed by atoms with Crippen molar-refractivity contribution in [2.45, 2.75) is 11.8 Å². The summed E-state index contributed by atoms with van der Waals surface area (Å²) in [5.41, 5.74) is 1.79. The van der Waals surface area contributed by atoms with Crippen molar-refractivity contribution >= 4 is 0 Å². The fraction of sp³-hybridized carbons (Fsp3) is 0.500. The van der Waals surface area contributed by atoms with Crippen molar-refractivity contribution in [3.63, 3.8) is 0 Å². The molecule has 0 radical (unpaired) electrons. The summed E-state index contributed by atoms with van der Waals surface area (Å²) in [6.07, 6.45) is 6.25. The summed E-state index contributed by atoms with van der Waals surface area (Å²) in [6.45, 7) is 2.29. The standard InChI is InChI=1S/C16H19NO/c1-18-14-4-2-3-12(8-14)16-10-17-9-15(16)11-5-6-13(16)7-11/h2-6,8,11,13,15,17H,7,9-10H2,1H3. The molecule has 4 atom stereocenters. The molecule has 2 bridgehead atoms. The molecular formula is C16H19NO. The van der Waals surface area contributed by atoms with Crippen LogP contribution in [-0.2, 0) is 5.41 Å². The molecule has 2 fully saturated rings. The molecule has 18 heavy (non-hydrogen) atoms. The Bertz CT molecular complexity index is 510. The lowest BCUT2D eigenvalue weighted by atomic mass is 9.66. The van der Waals surface area contributed by atoms with E-state index >= 15 is 0 Å². The van der Waals surface area contributed by atoms with E-state index < -0.39 is 0 Å². The third-order valence-electron chi connectivity index (χ3n) is 5.35. The van der Waals surface area contributed by atoms with E-state index in [0.29, 0.717) is 5.41 Å². The summed E-state index contributed by atoms with van der Waals surface area (Å²) in [5.74, 6) is 3.27. The van der Waals surface area contributed by atoms with Crippen LogP contribution in [0.5, 0.6) is 5.75 Å². The third kappa shape index (κ3) is 1.17. The highest BCUT2D eigenvalue weighted by atomic mass is 16.5. The normalized spacial score (nSPS) is 40.2. The number of fused-ring (bicyclic) bond motifs is 5. The van der Waals surface area contributed by atoms with Crippen molar-refractivity contribution in [1.82, 2.24) is 5.32 Å². The Labute approximate surface area is 108 Å². The zero-order valence-corrected chi connectivity index (χ0v) is 10.7. The van der Waals surface area contributed by atoms with E-state index in [2.05, 4.69) is 35.7 Å². The first-order chi connectivity index (χ1) is 8.84. The number of hydrogen-bond acceptors (Lipinski definition) is 2. The molecule has 1 aromatic carbocycles. The van der Waals surface area contributed by atoms with Crippen LogP contribution in [0.3, 0.4) is 0 Å². The van der Waals surface area contributed by atoms with Gasteiger partial charge in [-0.1, -0.05) is 24.3 Å². The van der Waals surface area contributed by atoms with Crippen LogP contribution in [0.1, 0.15) is 12.0 Å². The van der Waals surface area contributed by atoms with Crippen molar-refractivity contribution in [1.29, 1.82) is 0 Å². The van der Waals surface area contributed by atoms with Crippen LogP contribution in [0.15, 0.2) is 36.4 Å². The smallest absolute Gasteiger partial charge is 0.119 e. The van der Waals surface area contributed by atoms with Gasteiger partial charge in [0.2, 0.25) is 0 Å². The Hall–Kier alpha value is -1.28. The number of methoxy groups -OCH3 is 1. The molecule has 1 N–H and O–H groups in total. The Balaban J connectivity index is 1.84. The zero-order valence-electron chi connectivity index (χ0n) is 10.7. The number of benzene rings is 1. The largest absolute Gasteiger partial charge is 0.497 e. The van der Waals surface area contributed by atoms with Crippen molar-refractivity contribution in [2.24, 2.45) is 17.8 Å². The third-order valence-corrected chi connectivity index (χ3v) is 5.35. The van der Waals surface area contributed by atoms with E-state index in [1.165, 1.54) is 18.5 Å². The maximum absolute atomic E-state index is 5.40. The van der Waals surface area contributed by atoms with Gasteiger partial charge in [-0.15, -0.1) is 0 Å². The summed E-state index contributed by atoms with van der Waals surface area (Å²) >= 11 is 0. The second-order valence-corrected chi connectivity index (χ2v) is 5.90. The van der Waals surface area contributed by atoms with E-state index in [1.807, 2.05) is 6.07 Å². The van der Waals surface area contributed by atoms with Crippen molar-refractivity contribution < 1.29 is 4.74 Å². The molecule has 1 aromatic rings. The van der Waals surface area contributed by atoms with Gasteiger partial charge in [0.25, 0.3) is 0 Å². The molecule has 4 rings (SSSR count). The van der Waals surface area contributed by atoms with Crippen LogP contribution in [0.4, 0.5) is 0 Å². The van der Waals surface area contributed by atoms with E-state index in [9.17, 15) is 0 Å². The van der Waals surface area contributed by atoms with Gasteiger partial charge in [-0.25, -0.2) is 0 Å². The number of rotatable bonds is 2. The molecule has 1 aliphatic heterocycles. The number of nitrogens with one attached hydrogen (secondary N) is 1. The molecule has 0 amide bonds. The highest BCUT2D eigenvalue weighted by molar-refractivity contribution is 5.42. The van der Waals surface area contributed by atoms with Crippen molar-refractivity contribution in [3.8, 4) is 5.75 Å². The molecule has 1 heterocycles. The van der Waals surface area contributed by atoms with Crippen LogP contribution in [0, 0.1) is 17.8 Å². The van der Waals surface area contributed by atoms with Gasteiger partial charge in [0.1, 0.15) is 5.75 Å². The lowest BCUT2D eigenvalue weighted by Gasteiger charge is -2.37. The summed E-state index contributed by atoms with van der Waals surface area (Å²) in [7, 11) is 1.75. The van der Waals surface area contributed by atoms with Gasteiger partial charge >= 0.3 is 0 Å². The SMILES string of the molecule is COc1cccc(C23CNCC2C2C=CC3C2)c1. The minimum Gasteiger partial charge on any atom is -0.497 e. The predicted octanol–water partition coefficient (Wildman–Crippen LogP) is 2.36. The fourth-order valence-electron chi connectivity index (χ4n) is 4.54. The summed E-state index contributed by atoms with van der Waals surface area (Å²) in [4.78, 5) is 0. The Morgan fingerprint density at radius 3 is 3.17 bits per heavy atom. The van der Waals surface area contributed by atoms with E-state index in [4.69, 9.17) is 4.74 Å². The molecule has 1 saturated carbocycles. The minimum atomic E-state index is 0.327. The fourth-order valence-corrected chi connectivity index (χ4v) is 4.54. The number of hydrogen-bond donors (Lipinski definition) is 1. The summed E-state index contributed by atoms with van der Waals surface area (Å²) < 4.78 is 5.40. The lowest BCUT2D eigenvalue weighted by molar-refractivity contribution is 0.316. The molecule has 0 spiro atoms. The van der Waals surface area contributed by atoms with Crippen LogP contribution in [0.25, 0.3) is 0 Å². The zero-order chi connectivity index (χ0) is 12.2. The highest BCUT2D eigenvalue weighted by Crippen LogP contribution is 2.58. The van der Waals surface area contributed by atoms with E-state index in [0.717, 1.165) is 30.0 Å². The van der Waals surface area contributed by atoms with Gasteiger partial charge in [-0.05, 0) is 48.4 Å². The first-order valence-electron chi connectivity index (χ1n) is 6.88. The van der Waals surface area contributed by atoms with Gasteiger partial charge in [-0.2, -0.15) is 0 Å². The topological polar surface area (TPSA) is 21.3 Å². The summed E-state index contributed by atoms with van der Waals surface area (Å²) in [6, 6.07) is 8.71. The Morgan fingerprint density at radius 2 is 2.28 bits per heavy atom. The minimum absolute atomic E-state index is 0.327. The molecular weight excluding hydrogens is 222 g/mol. The number of ether oxygens (including phenoxy) is 1. The van der Waals surface area contributed by atoms with Gasteiger partial charge < -0.3 is 10.1 Å². The number of allylic oxidation sites excluding steroid dienone is 2. The first-order valence-corrected chi connectivity index (χ1v) is 6.88. The van der Waals surface area contributed by atoms with E-state index in [-0.39, 0.29) is 0 Å². The maximum atomic E-state index is 5.40. The van der Waals surface area contributed by atoms with Crippen LogP contribution in [0.2, 0.25) is 0 Å². The highest BCUT2D eigenvalue weighted by Gasteiger charge is 2.58. The van der Waals surface area contributed by atoms with Crippen molar-refractivity contribution in [2.75, 3.05) is 20.2 Å². The molecule has 2 nitrogen and oxygen atoms in total. The summed E-state index contributed by atoms with van der Waals surface area (Å²) in [5, 5.41) is 3.62. The first kappa shape index (κ1) is 10.6. The molecule has 0 aromatic heterocycles. The van der Waals surface area contributed by atoms with Crippen LogP contribution in [-0.4, -0.2) is 20.2 Å². The second-order valence-electron chi connectivity index (χ2n) is 5.90. The molecule has 2 heteroatoms. The van der Waals surface area contributed by atoms with Crippen molar-refractivity contribution in [3.05, 3.63) is 42.0 Å². The molecule has 1 saturated heterocycles. The van der Waals surface area contributed by atoms with Gasteiger partial charge in [0.15, 0.2) is 0 Å². The monoisotopic (exact) mass is 241 g/mol. The van der Waals surface area contributed by atoms with Crippen LogP contribution >= 0.6 is 0 Å². The molecule has 4 unspecified atom stereocenters. The molecule has 94 valence electrons. The van der Waals surface area contributed by atoms with Gasteiger partial charge in [-0.3, -0.25) is 0 Å². The second kappa shape index (κ2) is 3.61. The van der Waals surface area contributed by atoms with Gasteiger partial charge in [0, 0.05) is 12.0 Å².